The van der Waals surface area contributed by atoms with Crippen LogP contribution in [0.5, 0.6) is 0 Å². The Labute approximate surface area is 144 Å². The summed E-state index contributed by atoms with van der Waals surface area (Å²) in [6, 6.07) is 5.84. The quantitative estimate of drug-likeness (QED) is 0.815. The lowest BCUT2D eigenvalue weighted by atomic mass is 10.2. The normalized spacial score (nSPS) is 13.0. The van der Waals surface area contributed by atoms with Crippen molar-refractivity contribution < 1.29 is 14.1 Å². The molecule has 1 heterocycles. The van der Waals surface area contributed by atoms with Crippen LogP contribution in [0.1, 0.15) is 18.8 Å². The van der Waals surface area contributed by atoms with E-state index in [0.717, 1.165) is 5.56 Å². The first-order valence-corrected chi connectivity index (χ1v) is 7.03. The molecular formula is C14H18Cl2N4O3. The zero-order valence-corrected chi connectivity index (χ0v) is 14.2. The summed E-state index contributed by atoms with van der Waals surface area (Å²) in [6.07, 6.45) is 0. The van der Waals surface area contributed by atoms with Gasteiger partial charge in [-0.1, -0.05) is 16.8 Å². The smallest absolute Gasteiger partial charge is 0.257 e. The second-order valence-electron chi connectivity index (χ2n) is 4.76. The van der Waals surface area contributed by atoms with Crippen molar-refractivity contribution in [2.75, 3.05) is 13.7 Å². The topological polar surface area (TPSA) is 103 Å². The highest BCUT2D eigenvalue weighted by Gasteiger charge is 2.20. The Morgan fingerprint density at radius 1 is 1.43 bits per heavy atom. The number of aromatic nitrogens is 2. The summed E-state index contributed by atoms with van der Waals surface area (Å²) in [4.78, 5) is 16.1. The van der Waals surface area contributed by atoms with Gasteiger partial charge in [0.1, 0.15) is 6.04 Å². The molecule has 23 heavy (non-hydrogen) atoms. The molecule has 2 aromatic rings. The Bertz CT molecular complexity index is 633. The van der Waals surface area contributed by atoms with E-state index in [-0.39, 0.29) is 24.9 Å². The minimum absolute atomic E-state index is 0. The van der Waals surface area contributed by atoms with Gasteiger partial charge >= 0.3 is 0 Å². The Kier molecular flexibility index (Phi) is 7.44. The first kappa shape index (κ1) is 19.4. The zero-order chi connectivity index (χ0) is 16.1. The second kappa shape index (κ2) is 8.83. The number of ether oxygens (including phenoxy) is 1. The van der Waals surface area contributed by atoms with Crippen molar-refractivity contribution >= 4 is 29.9 Å². The summed E-state index contributed by atoms with van der Waals surface area (Å²) >= 11 is 5.83. The lowest BCUT2D eigenvalue weighted by Crippen LogP contribution is -2.44. The maximum absolute atomic E-state index is 11.8. The Morgan fingerprint density at radius 3 is 2.70 bits per heavy atom. The van der Waals surface area contributed by atoms with E-state index in [4.69, 9.17) is 26.6 Å². The lowest BCUT2D eigenvalue weighted by molar-refractivity contribution is -0.124. The van der Waals surface area contributed by atoms with Gasteiger partial charge in [-0.05, 0) is 31.2 Å². The summed E-state index contributed by atoms with van der Waals surface area (Å²) < 4.78 is 10.0. The largest absolute Gasteiger partial charge is 0.383 e. The van der Waals surface area contributed by atoms with Crippen molar-refractivity contribution in [3.63, 3.8) is 0 Å². The molecule has 1 amide bonds. The summed E-state index contributed by atoms with van der Waals surface area (Å²) in [5, 5.41) is 7.19. The van der Waals surface area contributed by atoms with E-state index in [2.05, 4.69) is 15.5 Å². The van der Waals surface area contributed by atoms with E-state index in [1.54, 1.807) is 31.2 Å². The molecule has 7 nitrogen and oxygen atoms in total. The number of methoxy groups -OCH3 is 1. The molecule has 0 saturated heterocycles. The lowest BCUT2D eigenvalue weighted by Gasteiger charge is -2.14. The molecule has 0 aliphatic rings. The number of hydrogen-bond acceptors (Lipinski definition) is 6. The van der Waals surface area contributed by atoms with Gasteiger partial charge < -0.3 is 20.3 Å². The molecule has 0 spiro atoms. The predicted molar refractivity (Wildman–Crippen MR) is 88.4 cm³/mol. The molecule has 0 fully saturated rings. The fourth-order valence-electron chi connectivity index (χ4n) is 1.76. The fourth-order valence-corrected chi connectivity index (χ4v) is 1.89. The average Bonchev–Trinajstić information content (AvgIpc) is 2.98. The minimum Gasteiger partial charge on any atom is -0.383 e. The van der Waals surface area contributed by atoms with Crippen molar-refractivity contribution in [2.24, 2.45) is 5.73 Å². The molecule has 3 N–H and O–H groups in total. The molecule has 0 aliphatic carbocycles. The molecule has 2 atom stereocenters. The molecule has 0 saturated carbocycles. The molecule has 2 unspecified atom stereocenters. The van der Waals surface area contributed by atoms with Crippen LogP contribution in [0.2, 0.25) is 5.02 Å². The van der Waals surface area contributed by atoms with Gasteiger partial charge in [-0.2, -0.15) is 4.98 Å². The van der Waals surface area contributed by atoms with Gasteiger partial charge in [0.25, 0.3) is 5.89 Å². The summed E-state index contributed by atoms with van der Waals surface area (Å²) in [7, 11) is 1.48. The second-order valence-corrected chi connectivity index (χ2v) is 5.19. The van der Waals surface area contributed by atoms with Gasteiger partial charge in [-0.25, -0.2) is 0 Å². The van der Waals surface area contributed by atoms with Crippen molar-refractivity contribution in [3.8, 4) is 11.5 Å². The van der Waals surface area contributed by atoms with Gasteiger partial charge in [-0.15, -0.1) is 12.4 Å². The SMILES string of the molecule is COCC(N)C(=O)NC(C)c1noc(-c2ccc(Cl)cc2)n1.Cl. The number of hydrogen-bond donors (Lipinski definition) is 2. The van der Waals surface area contributed by atoms with E-state index in [9.17, 15) is 4.79 Å². The van der Waals surface area contributed by atoms with Crippen LogP contribution in [-0.2, 0) is 9.53 Å². The highest BCUT2D eigenvalue weighted by Crippen LogP contribution is 2.21. The van der Waals surface area contributed by atoms with Crippen molar-refractivity contribution in [2.45, 2.75) is 19.0 Å². The highest BCUT2D eigenvalue weighted by molar-refractivity contribution is 6.30. The third kappa shape index (κ3) is 5.18. The summed E-state index contributed by atoms with van der Waals surface area (Å²) in [5.74, 6) is 0.379. The number of rotatable bonds is 6. The first-order chi connectivity index (χ1) is 10.5. The van der Waals surface area contributed by atoms with Crippen LogP contribution < -0.4 is 11.1 Å². The number of amides is 1. The molecule has 1 aromatic heterocycles. The van der Waals surface area contributed by atoms with E-state index < -0.39 is 12.1 Å². The van der Waals surface area contributed by atoms with Crippen molar-refractivity contribution in [1.82, 2.24) is 15.5 Å². The van der Waals surface area contributed by atoms with Gasteiger partial charge in [0.15, 0.2) is 5.82 Å². The van der Waals surface area contributed by atoms with E-state index >= 15 is 0 Å². The third-order valence-corrected chi connectivity index (χ3v) is 3.21. The molecule has 2 rings (SSSR count). The van der Waals surface area contributed by atoms with Crippen LogP contribution in [-0.4, -0.2) is 35.8 Å². The van der Waals surface area contributed by atoms with Crippen LogP contribution in [0.15, 0.2) is 28.8 Å². The van der Waals surface area contributed by atoms with Crippen LogP contribution >= 0.6 is 24.0 Å². The van der Waals surface area contributed by atoms with Gasteiger partial charge in [0.2, 0.25) is 5.91 Å². The Morgan fingerprint density at radius 2 is 2.09 bits per heavy atom. The molecular weight excluding hydrogens is 343 g/mol. The van der Waals surface area contributed by atoms with E-state index in [1.165, 1.54) is 7.11 Å². The number of halogens is 2. The fraction of sp³-hybridized carbons (Fsp3) is 0.357. The average molecular weight is 361 g/mol. The number of nitrogens with two attached hydrogens (primary N) is 1. The molecule has 9 heteroatoms. The third-order valence-electron chi connectivity index (χ3n) is 2.96. The molecule has 126 valence electrons. The van der Waals surface area contributed by atoms with Crippen molar-refractivity contribution in [1.29, 1.82) is 0 Å². The first-order valence-electron chi connectivity index (χ1n) is 6.65. The van der Waals surface area contributed by atoms with Gasteiger partial charge in [-0.3, -0.25) is 4.79 Å². The standard InChI is InChI=1S/C14H17ClN4O3.ClH/c1-8(17-13(20)11(16)7-21-2)12-18-14(22-19-12)9-3-5-10(15)6-4-9;/h3-6,8,11H,7,16H2,1-2H3,(H,17,20);1H. The van der Waals surface area contributed by atoms with Crippen LogP contribution in [0.25, 0.3) is 11.5 Å². The maximum Gasteiger partial charge on any atom is 0.257 e. The van der Waals surface area contributed by atoms with Crippen molar-refractivity contribution in [3.05, 3.63) is 35.1 Å². The summed E-state index contributed by atoms with van der Waals surface area (Å²) in [6.45, 7) is 1.88. The predicted octanol–water partition coefficient (Wildman–Crippen LogP) is 1.96. The molecule has 0 aliphatic heterocycles. The van der Waals surface area contributed by atoms with E-state index in [1.807, 2.05) is 0 Å². The van der Waals surface area contributed by atoms with Gasteiger partial charge in [0, 0.05) is 17.7 Å². The van der Waals surface area contributed by atoms with Crippen LogP contribution in [0, 0.1) is 0 Å². The van der Waals surface area contributed by atoms with Crippen LogP contribution in [0.4, 0.5) is 0 Å². The van der Waals surface area contributed by atoms with Crippen LogP contribution in [0.3, 0.4) is 0 Å². The van der Waals surface area contributed by atoms with E-state index in [0.29, 0.717) is 16.7 Å². The number of carbonyl (C=O) groups excluding carboxylic acids is 1. The van der Waals surface area contributed by atoms with Gasteiger partial charge in [0.05, 0.1) is 12.6 Å². The molecule has 1 aromatic carbocycles. The maximum atomic E-state index is 11.8. The molecule has 0 radical (unpaired) electrons. The number of nitrogens with one attached hydrogen (secondary N) is 1. The number of carbonyl (C=O) groups is 1. The Hall–Kier alpha value is -1.67. The zero-order valence-electron chi connectivity index (χ0n) is 12.7. The number of nitrogens with zero attached hydrogens (tertiary/aromatic N) is 2. The highest BCUT2D eigenvalue weighted by atomic mass is 35.5. The summed E-state index contributed by atoms with van der Waals surface area (Å²) in [5.41, 5.74) is 6.40. The minimum atomic E-state index is -0.741. The Balaban J connectivity index is 0.00000264. The molecule has 0 bridgehead atoms. The number of benzene rings is 1. The monoisotopic (exact) mass is 360 g/mol.